The van der Waals surface area contributed by atoms with Crippen molar-refractivity contribution in [3.8, 4) is 0 Å². The number of benzene rings is 2. The fraction of sp³-hybridized carbons (Fsp3) is 0.571. The predicted molar refractivity (Wildman–Crippen MR) is 148 cm³/mol. The maximum absolute atomic E-state index is 6.84. The third-order valence-electron chi connectivity index (χ3n) is 6.83. The molecule has 0 fully saturated rings. The van der Waals surface area contributed by atoms with Crippen LogP contribution in [0.15, 0.2) is 60.7 Å². The molecule has 0 saturated carbocycles. The van der Waals surface area contributed by atoms with Crippen LogP contribution in [-0.4, -0.2) is 56.3 Å². The second kappa shape index (κ2) is 12.6. The quantitative estimate of drug-likeness (QED) is 0.263. The van der Waals surface area contributed by atoms with Gasteiger partial charge < -0.3 is 18.3 Å². The number of hydrogen-bond donors (Lipinski definition) is 0. The molecule has 0 bridgehead atoms. The molecule has 6 heteroatoms. The van der Waals surface area contributed by atoms with Gasteiger partial charge in [-0.3, -0.25) is 0 Å². The molecular formula is C28H46O4Si2. The van der Waals surface area contributed by atoms with Gasteiger partial charge in [0.25, 0.3) is 8.32 Å². The molecule has 0 N–H and O–H groups in total. The first kappa shape index (κ1) is 28.9. The minimum atomic E-state index is -2.49. The van der Waals surface area contributed by atoms with Crippen LogP contribution in [0, 0.1) is 0 Å². The van der Waals surface area contributed by atoms with Crippen molar-refractivity contribution in [1.82, 2.24) is 0 Å². The highest BCUT2D eigenvalue weighted by Gasteiger charge is 2.50. The highest BCUT2D eigenvalue weighted by Crippen LogP contribution is 2.37. The van der Waals surface area contributed by atoms with Gasteiger partial charge in [0.1, 0.15) is 0 Å². The van der Waals surface area contributed by atoms with Crippen LogP contribution in [0.3, 0.4) is 0 Å². The molecule has 0 atom stereocenters. The van der Waals surface area contributed by atoms with Gasteiger partial charge in [-0.05, 0) is 33.5 Å². The summed E-state index contributed by atoms with van der Waals surface area (Å²) in [6, 6.07) is 21.4. The van der Waals surface area contributed by atoms with Crippen molar-refractivity contribution >= 4 is 27.0 Å². The third kappa shape index (κ3) is 7.61. The summed E-state index contributed by atoms with van der Waals surface area (Å²) >= 11 is 0. The van der Waals surface area contributed by atoms with Gasteiger partial charge in [-0.1, -0.05) is 102 Å². The average molecular weight is 503 g/mol. The van der Waals surface area contributed by atoms with Crippen LogP contribution in [0.4, 0.5) is 0 Å². The Labute approximate surface area is 210 Å². The number of ether oxygens (including phenoxy) is 2. The zero-order valence-corrected chi connectivity index (χ0v) is 24.6. The highest BCUT2D eigenvalue weighted by atomic mass is 28.4. The third-order valence-corrected chi connectivity index (χ3v) is 16.4. The van der Waals surface area contributed by atoms with Crippen molar-refractivity contribution in [2.24, 2.45) is 0 Å². The van der Waals surface area contributed by atoms with E-state index in [-0.39, 0.29) is 10.1 Å². The van der Waals surface area contributed by atoms with Crippen LogP contribution in [0.5, 0.6) is 0 Å². The summed E-state index contributed by atoms with van der Waals surface area (Å²) < 4.78 is 24.6. The lowest BCUT2D eigenvalue weighted by atomic mass is 10.2. The summed E-state index contributed by atoms with van der Waals surface area (Å²) in [6.45, 7) is 21.7. The first-order valence-corrected chi connectivity index (χ1v) is 17.3. The first-order chi connectivity index (χ1) is 15.9. The molecule has 4 nitrogen and oxygen atoms in total. The Hall–Kier alpha value is -1.29. The fourth-order valence-corrected chi connectivity index (χ4v) is 9.48. The van der Waals surface area contributed by atoms with Crippen molar-refractivity contribution in [2.45, 2.75) is 64.7 Å². The molecule has 2 aromatic carbocycles. The maximum atomic E-state index is 6.84. The summed E-state index contributed by atoms with van der Waals surface area (Å²) in [5.41, 5.74) is 0. The minimum absolute atomic E-state index is 0.0248. The maximum Gasteiger partial charge on any atom is 0.261 e. The van der Waals surface area contributed by atoms with Gasteiger partial charge in [0.05, 0.1) is 39.6 Å². The Balaban J connectivity index is 1.85. The predicted octanol–water partition coefficient (Wildman–Crippen LogP) is 5.62. The molecule has 0 aromatic heterocycles. The summed E-state index contributed by atoms with van der Waals surface area (Å²) in [4.78, 5) is 0. The van der Waals surface area contributed by atoms with Crippen molar-refractivity contribution < 1.29 is 18.3 Å². The Morgan fingerprint density at radius 1 is 0.529 bits per heavy atom. The van der Waals surface area contributed by atoms with Gasteiger partial charge in [0.2, 0.25) is 0 Å². The van der Waals surface area contributed by atoms with Gasteiger partial charge in [0.15, 0.2) is 8.32 Å². The molecule has 0 saturated heterocycles. The Morgan fingerprint density at radius 3 is 1.29 bits per heavy atom. The normalized spacial score (nSPS) is 13.3. The van der Waals surface area contributed by atoms with E-state index in [1.54, 1.807) is 0 Å². The van der Waals surface area contributed by atoms with Gasteiger partial charge >= 0.3 is 0 Å². The SMILES string of the molecule is CC(C)(C)[Si](C)(C)OCCOCCOCCO[Si](c1ccccc1)(c1ccccc1)C(C)(C)C. The summed E-state index contributed by atoms with van der Waals surface area (Å²) in [5, 5.41) is 2.78. The lowest BCUT2D eigenvalue weighted by Gasteiger charge is -2.43. The number of hydrogen-bond acceptors (Lipinski definition) is 4. The van der Waals surface area contributed by atoms with E-state index in [1.165, 1.54) is 10.4 Å². The average Bonchev–Trinajstić information content (AvgIpc) is 2.77. The molecule has 0 heterocycles. The smallest absolute Gasteiger partial charge is 0.261 e. The van der Waals surface area contributed by atoms with Gasteiger partial charge in [-0.25, -0.2) is 0 Å². The Bertz CT molecular complexity index is 787. The molecule has 2 aromatic rings. The molecule has 0 radical (unpaired) electrons. The van der Waals surface area contributed by atoms with E-state index in [0.29, 0.717) is 39.6 Å². The van der Waals surface area contributed by atoms with Crippen molar-refractivity contribution in [3.63, 3.8) is 0 Å². The molecule has 2 rings (SSSR count). The molecule has 34 heavy (non-hydrogen) atoms. The largest absolute Gasteiger partial charge is 0.414 e. The second-order valence-electron chi connectivity index (χ2n) is 11.3. The van der Waals surface area contributed by atoms with Crippen LogP contribution in [0.1, 0.15) is 41.5 Å². The molecule has 0 unspecified atom stereocenters. The summed E-state index contributed by atoms with van der Waals surface area (Å²) in [5.74, 6) is 0. The van der Waals surface area contributed by atoms with E-state index < -0.39 is 16.6 Å². The zero-order valence-electron chi connectivity index (χ0n) is 22.6. The van der Waals surface area contributed by atoms with E-state index in [4.69, 9.17) is 18.3 Å². The lowest BCUT2D eigenvalue weighted by Crippen LogP contribution is -2.66. The lowest BCUT2D eigenvalue weighted by molar-refractivity contribution is 0.0251. The van der Waals surface area contributed by atoms with Crippen molar-refractivity contribution in [1.29, 1.82) is 0 Å². The summed E-state index contributed by atoms with van der Waals surface area (Å²) in [6.07, 6.45) is 0. The fourth-order valence-electron chi connectivity index (χ4n) is 3.91. The van der Waals surface area contributed by atoms with Crippen LogP contribution in [-0.2, 0) is 18.3 Å². The van der Waals surface area contributed by atoms with Crippen LogP contribution in [0.25, 0.3) is 0 Å². The first-order valence-electron chi connectivity index (χ1n) is 12.5. The topological polar surface area (TPSA) is 36.9 Å². The Morgan fingerprint density at radius 2 is 0.912 bits per heavy atom. The van der Waals surface area contributed by atoms with Crippen LogP contribution >= 0.6 is 0 Å². The molecule has 0 spiro atoms. The molecule has 0 aliphatic carbocycles. The highest BCUT2D eigenvalue weighted by molar-refractivity contribution is 6.99. The summed E-state index contributed by atoms with van der Waals surface area (Å²) in [7, 11) is -4.20. The molecule has 190 valence electrons. The van der Waals surface area contributed by atoms with Gasteiger partial charge in [-0.2, -0.15) is 0 Å². The minimum Gasteiger partial charge on any atom is -0.414 e. The second-order valence-corrected chi connectivity index (χ2v) is 20.5. The number of rotatable bonds is 13. The molecule has 0 amide bonds. The van der Waals surface area contributed by atoms with E-state index >= 15 is 0 Å². The van der Waals surface area contributed by atoms with Gasteiger partial charge in [0, 0.05) is 0 Å². The molecule has 0 aliphatic rings. The van der Waals surface area contributed by atoms with E-state index in [1.807, 2.05) is 0 Å². The van der Waals surface area contributed by atoms with Gasteiger partial charge in [-0.15, -0.1) is 0 Å². The molecular weight excluding hydrogens is 456 g/mol. The van der Waals surface area contributed by atoms with Crippen LogP contribution < -0.4 is 10.4 Å². The zero-order chi connectivity index (χ0) is 25.3. The van der Waals surface area contributed by atoms with Crippen molar-refractivity contribution in [2.75, 3.05) is 39.6 Å². The van der Waals surface area contributed by atoms with Crippen LogP contribution in [0.2, 0.25) is 23.2 Å². The van der Waals surface area contributed by atoms with E-state index in [0.717, 1.165) is 0 Å². The van der Waals surface area contributed by atoms with E-state index in [9.17, 15) is 0 Å². The molecule has 0 aliphatic heterocycles. The standard InChI is InChI=1S/C28H46O4Si2/c1-27(2,3)33(7,8)31-23-21-29-19-20-30-22-24-32-34(28(4,5)6,25-15-11-9-12-16-25)26-17-13-10-14-18-26/h9-18H,19-24H2,1-8H3. The monoisotopic (exact) mass is 502 g/mol. The van der Waals surface area contributed by atoms with Crippen molar-refractivity contribution in [3.05, 3.63) is 60.7 Å². The Kier molecular flexibility index (Phi) is 10.7. The van der Waals surface area contributed by atoms with E-state index in [2.05, 4.69) is 115 Å².